The lowest BCUT2D eigenvalue weighted by molar-refractivity contribution is -0.394. The molecule has 0 radical (unpaired) electrons. The van der Waals surface area contributed by atoms with E-state index in [0.29, 0.717) is 43.2 Å². The summed E-state index contributed by atoms with van der Waals surface area (Å²) >= 11 is 6.08. The number of hydrogen-bond acceptors (Lipinski definition) is 8. The minimum absolute atomic E-state index is 0.0675. The van der Waals surface area contributed by atoms with Crippen LogP contribution in [0.3, 0.4) is 0 Å². The Bertz CT molecular complexity index is 958. The van der Waals surface area contributed by atoms with Gasteiger partial charge in [0.25, 0.3) is 0 Å². The van der Waals surface area contributed by atoms with Crippen molar-refractivity contribution in [1.29, 1.82) is 0 Å². The zero-order valence-corrected chi connectivity index (χ0v) is 16.9. The van der Waals surface area contributed by atoms with Crippen molar-refractivity contribution < 1.29 is 14.1 Å². The van der Waals surface area contributed by atoms with Crippen molar-refractivity contribution in [3.8, 4) is 0 Å². The van der Waals surface area contributed by atoms with Crippen LogP contribution in [0, 0.1) is 21.8 Å². The summed E-state index contributed by atoms with van der Waals surface area (Å²) < 4.78 is 13.2. The highest BCUT2D eigenvalue weighted by Gasteiger charge is 2.25. The Kier molecular flexibility index (Phi) is 7.00. The van der Waals surface area contributed by atoms with Crippen molar-refractivity contribution in [3.05, 3.63) is 44.7 Å². The summed E-state index contributed by atoms with van der Waals surface area (Å²) in [4.78, 5) is 25.4. The third-order valence-corrected chi connectivity index (χ3v) is 5.05. The average Bonchev–Trinajstić information content (AvgIpc) is 3.17. The minimum atomic E-state index is -0.742. The van der Waals surface area contributed by atoms with E-state index in [4.69, 9.17) is 11.6 Å². The molecule has 0 saturated carbocycles. The Morgan fingerprint density at radius 1 is 1.43 bits per heavy atom. The van der Waals surface area contributed by atoms with Gasteiger partial charge in [0.1, 0.15) is 12.4 Å². The van der Waals surface area contributed by atoms with Crippen molar-refractivity contribution in [1.82, 2.24) is 30.5 Å². The molecule has 1 aliphatic heterocycles. The first kappa shape index (κ1) is 21.7. The van der Waals surface area contributed by atoms with E-state index in [1.165, 1.54) is 12.1 Å². The van der Waals surface area contributed by atoms with E-state index >= 15 is 0 Å². The topological polar surface area (TPSA) is 131 Å². The monoisotopic (exact) mass is 438 g/mol. The maximum absolute atomic E-state index is 13.2. The van der Waals surface area contributed by atoms with Crippen LogP contribution < -0.4 is 5.43 Å². The second kappa shape index (κ2) is 9.67. The van der Waals surface area contributed by atoms with E-state index in [1.807, 2.05) is 0 Å². The Hall–Kier alpha value is -2.99. The normalized spacial score (nSPS) is 15.9. The fourth-order valence-corrected chi connectivity index (χ4v) is 3.33. The number of nitrogens with zero attached hydrogens (tertiary/aromatic N) is 7. The molecule has 2 heterocycles. The van der Waals surface area contributed by atoms with Crippen LogP contribution in [-0.2, 0) is 17.9 Å². The second-order valence-corrected chi connectivity index (χ2v) is 7.39. The standard InChI is InChI=1S/C17H20ClFN8O3/c1-11(9-26-23-17(22-24-26)27(29)30)20-21-16(28)12-4-6-25(7-5-12)10-13-2-3-14(19)8-15(13)18/h2-3,8,12H,4-7,9-10H2,1H3,(H,21,28)/b20-11+. The van der Waals surface area contributed by atoms with Crippen LogP contribution in [-0.4, -0.2) is 54.7 Å². The highest BCUT2D eigenvalue weighted by atomic mass is 35.5. The van der Waals surface area contributed by atoms with E-state index in [1.54, 1.807) is 13.0 Å². The summed E-state index contributed by atoms with van der Waals surface area (Å²) in [5, 5.41) is 25.4. The maximum Gasteiger partial charge on any atom is 0.514 e. The zero-order valence-electron chi connectivity index (χ0n) is 16.2. The van der Waals surface area contributed by atoms with Crippen molar-refractivity contribution >= 4 is 29.2 Å². The van der Waals surface area contributed by atoms with Crippen LogP contribution in [0.4, 0.5) is 10.3 Å². The number of hydrazone groups is 1. The van der Waals surface area contributed by atoms with Gasteiger partial charge in [0.2, 0.25) is 5.91 Å². The van der Waals surface area contributed by atoms with Gasteiger partial charge in [-0.05, 0) is 55.5 Å². The summed E-state index contributed by atoms with van der Waals surface area (Å²) in [5.74, 6) is -1.33. The first-order valence-electron chi connectivity index (χ1n) is 9.23. The van der Waals surface area contributed by atoms with Gasteiger partial charge in [0.15, 0.2) is 0 Å². The summed E-state index contributed by atoms with van der Waals surface area (Å²) in [7, 11) is 0. The van der Waals surface area contributed by atoms with Crippen molar-refractivity contribution in [2.24, 2.45) is 11.0 Å². The first-order chi connectivity index (χ1) is 14.3. The quantitative estimate of drug-likeness (QED) is 0.396. The summed E-state index contributed by atoms with van der Waals surface area (Å²) in [6.07, 6.45) is 1.33. The van der Waals surface area contributed by atoms with Crippen molar-refractivity contribution in [2.75, 3.05) is 13.1 Å². The molecule has 0 spiro atoms. The van der Waals surface area contributed by atoms with Gasteiger partial charge in [-0.3, -0.25) is 9.69 Å². The molecule has 1 saturated heterocycles. The van der Waals surface area contributed by atoms with Gasteiger partial charge in [-0.1, -0.05) is 22.5 Å². The van der Waals surface area contributed by atoms with E-state index in [-0.39, 0.29) is 24.2 Å². The maximum atomic E-state index is 13.2. The minimum Gasteiger partial charge on any atom is -0.390 e. The van der Waals surface area contributed by atoms with E-state index in [2.05, 4.69) is 30.8 Å². The van der Waals surface area contributed by atoms with E-state index < -0.39 is 10.9 Å². The van der Waals surface area contributed by atoms with Crippen molar-refractivity contribution in [2.45, 2.75) is 32.9 Å². The largest absolute Gasteiger partial charge is 0.514 e. The number of hydrogen-bond donors (Lipinski definition) is 1. The molecular formula is C17H20ClFN8O3. The number of carbonyl (C=O) groups excluding carboxylic acids is 1. The Balaban J connectivity index is 1.45. The Morgan fingerprint density at radius 3 is 2.80 bits per heavy atom. The van der Waals surface area contributed by atoms with Gasteiger partial charge < -0.3 is 10.1 Å². The predicted octanol–water partition coefficient (Wildman–Crippen LogP) is 1.78. The number of aromatic nitrogens is 4. The summed E-state index contributed by atoms with van der Waals surface area (Å²) in [5.41, 5.74) is 3.85. The molecule has 3 rings (SSSR count). The van der Waals surface area contributed by atoms with Crippen LogP contribution in [0.5, 0.6) is 0 Å². The molecule has 0 unspecified atom stereocenters. The molecule has 1 N–H and O–H groups in total. The van der Waals surface area contributed by atoms with Gasteiger partial charge in [0.05, 0.1) is 15.9 Å². The highest BCUT2D eigenvalue weighted by molar-refractivity contribution is 6.31. The lowest BCUT2D eigenvalue weighted by Gasteiger charge is -2.31. The molecule has 2 aromatic rings. The average molecular weight is 439 g/mol. The number of piperidine rings is 1. The molecule has 13 heteroatoms. The van der Waals surface area contributed by atoms with Gasteiger partial charge in [-0.2, -0.15) is 5.10 Å². The number of carbonyl (C=O) groups is 1. The number of likely N-dealkylation sites (tertiary alicyclic amines) is 1. The van der Waals surface area contributed by atoms with E-state index in [0.717, 1.165) is 10.4 Å². The van der Waals surface area contributed by atoms with Gasteiger partial charge in [0, 0.05) is 22.7 Å². The lowest BCUT2D eigenvalue weighted by atomic mass is 9.96. The van der Waals surface area contributed by atoms with Crippen LogP contribution in [0.2, 0.25) is 5.02 Å². The van der Waals surface area contributed by atoms with Crippen molar-refractivity contribution in [3.63, 3.8) is 0 Å². The summed E-state index contributed by atoms with van der Waals surface area (Å²) in [6.45, 7) is 3.73. The molecule has 1 fully saturated rings. The first-order valence-corrected chi connectivity index (χ1v) is 9.61. The molecule has 1 aliphatic rings. The second-order valence-electron chi connectivity index (χ2n) is 6.99. The Morgan fingerprint density at radius 2 is 2.17 bits per heavy atom. The smallest absolute Gasteiger partial charge is 0.390 e. The third-order valence-electron chi connectivity index (χ3n) is 4.70. The molecular weight excluding hydrogens is 419 g/mol. The number of amides is 1. The molecule has 160 valence electrons. The molecule has 1 aromatic carbocycles. The van der Waals surface area contributed by atoms with Gasteiger partial charge >= 0.3 is 5.95 Å². The van der Waals surface area contributed by atoms with E-state index in [9.17, 15) is 19.3 Å². The van der Waals surface area contributed by atoms with Crippen LogP contribution >= 0.6 is 11.6 Å². The molecule has 0 atom stereocenters. The molecule has 30 heavy (non-hydrogen) atoms. The number of tetrazole rings is 1. The highest BCUT2D eigenvalue weighted by Crippen LogP contribution is 2.23. The van der Waals surface area contributed by atoms with Crippen LogP contribution in [0.1, 0.15) is 25.3 Å². The molecule has 0 aliphatic carbocycles. The number of halogens is 2. The Labute approximate surface area is 176 Å². The van der Waals surface area contributed by atoms with Crippen LogP contribution in [0.25, 0.3) is 0 Å². The SMILES string of the molecule is C/C(Cn1nnc([N+](=O)[O-])n1)=N\NC(=O)C1CCN(Cc2ccc(F)cc2Cl)CC1. The fourth-order valence-electron chi connectivity index (χ4n) is 3.10. The van der Waals surface area contributed by atoms with Gasteiger partial charge in [-0.25, -0.2) is 9.82 Å². The number of nitrogens with one attached hydrogen (secondary N) is 1. The lowest BCUT2D eigenvalue weighted by Crippen LogP contribution is -2.39. The number of benzene rings is 1. The zero-order chi connectivity index (χ0) is 21.7. The fraction of sp³-hybridized carbons (Fsp3) is 0.471. The number of nitro groups is 1. The predicted molar refractivity (Wildman–Crippen MR) is 105 cm³/mol. The molecule has 1 aromatic heterocycles. The number of rotatable bonds is 7. The molecule has 1 amide bonds. The van der Waals surface area contributed by atoms with Crippen LogP contribution in [0.15, 0.2) is 23.3 Å². The molecule has 0 bridgehead atoms. The third kappa shape index (κ3) is 5.76. The van der Waals surface area contributed by atoms with Gasteiger partial charge in [-0.15, -0.1) is 0 Å². The molecule has 11 nitrogen and oxygen atoms in total. The summed E-state index contributed by atoms with van der Waals surface area (Å²) in [6, 6.07) is 4.35.